The van der Waals surface area contributed by atoms with Gasteiger partial charge in [-0.1, -0.05) is 161 Å². The first kappa shape index (κ1) is 67.1. The summed E-state index contributed by atoms with van der Waals surface area (Å²) in [5.74, 6) is -4.43. The number of unbranched alkanes of at least 4 members (excludes halogenated alkanes) is 16. The van der Waals surface area contributed by atoms with Gasteiger partial charge in [0.1, 0.15) is 36.6 Å². The quantitative estimate of drug-likeness (QED) is 0.0197. The molecule has 1 saturated heterocycles. The largest absolute Gasteiger partial charge is 0.481 e. The molecule has 11 atom stereocenters. The van der Waals surface area contributed by atoms with Crippen LogP contribution in [0.3, 0.4) is 0 Å². The first-order valence-electron chi connectivity index (χ1n) is 27.8. The van der Waals surface area contributed by atoms with Crippen molar-refractivity contribution in [1.29, 1.82) is 0 Å². The van der Waals surface area contributed by atoms with Crippen LogP contribution in [0.4, 0.5) is 5.82 Å². The second kappa shape index (κ2) is 36.9. The third kappa shape index (κ3) is 27.6. The molecule has 2 bridgehead atoms. The number of ether oxygens (including phenoxy) is 3. The highest BCUT2D eigenvalue weighted by Gasteiger charge is 2.45. The molecule has 0 aliphatic carbocycles. The summed E-state index contributed by atoms with van der Waals surface area (Å²) in [5.41, 5.74) is 4.75. The van der Waals surface area contributed by atoms with Crippen LogP contribution in [0.5, 0.6) is 0 Å². The van der Waals surface area contributed by atoms with Gasteiger partial charge in [-0.15, -0.1) is 0 Å². The van der Waals surface area contributed by atoms with Crippen molar-refractivity contribution in [2.75, 3.05) is 25.6 Å². The standard InChI is InChI=1S/C53H91N3O18P2/c1-4-5-21-27-40(57)31-32-42-44(58)35-45(59)43-28-23-19-20-24-29-48(60)69-36-41(72-49(61)30-25-18-16-14-12-10-8-6-7-9-11-13-15-17-22-26-39(2)3)37-70-75(65,66)74-76(67,68)71-38-46(51(63)50(42)62)73-52(43)56-34-33-47(54)55-53(56)64/h19,23,31-34,39-43,45-46,50-52,57,59,62-63H,4-18,20-22,24-30,35-38H2,1-3H3,(H,65,66)(H,67,68)(H2,54,55,64)/b23-19-,32-31?/t40-,41+,42-,43-,45-,46+,50-,51+,52+/m0/s1. The lowest BCUT2D eigenvalue weighted by Crippen LogP contribution is -2.51. The molecule has 0 saturated carbocycles. The van der Waals surface area contributed by atoms with Gasteiger partial charge in [-0.3, -0.25) is 28.0 Å². The number of nitrogens with two attached hydrogens (primary N) is 1. The fraction of sp³-hybridized carbons (Fsp3) is 0.792. The number of fused-ring (bicyclic) bond motifs is 3. The Morgan fingerprint density at radius 3 is 2.03 bits per heavy atom. The summed E-state index contributed by atoms with van der Waals surface area (Å²) in [6, 6.07) is 1.23. The molecule has 23 heteroatoms. The number of anilines is 1. The minimum Gasteiger partial charge on any atom is -0.462 e. The number of cyclic esters (lactones) is 1. The molecule has 1 fully saturated rings. The summed E-state index contributed by atoms with van der Waals surface area (Å²) < 4.78 is 59.1. The predicted molar refractivity (Wildman–Crippen MR) is 285 cm³/mol. The number of phosphoric ester groups is 2. The second-order valence-electron chi connectivity index (χ2n) is 20.7. The second-order valence-corrected chi connectivity index (χ2v) is 23.7. The van der Waals surface area contributed by atoms with Gasteiger partial charge in [0.05, 0.1) is 37.4 Å². The molecule has 1 aromatic rings. The number of esters is 2. The third-order valence-corrected chi connectivity index (χ3v) is 16.2. The molecule has 2 aliphatic heterocycles. The van der Waals surface area contributed by atoms with E-state index < -0.39 is 120 Å². The van der Waals surface area contributed by atoms with E-state index in [4.69, 9.17) is 29.0 Å². The van der Waals surface area contributed by atoms with E-state index in [0.29, 0.717) is 19.3 Å². The Hall–Kier alpha value is -3.17. The molecule has 436 valence electrons. The smallest absolute Gasteiger partial charge is 0.462 e. The number of ketones is 1. The van der Waals surface area contributed by atoms with Gasteiger partial charge in [0.15, 0.2) is 6.10 Å². The van der Waals surface area contributed by atoms with E-state index in [1.165, 1.54) is 88.8 Å². The predicted octanol–water partition coefficient (Wildman–Crippen LogP) is 8.62. The maximum atomic E-state index is 14.0. The van der Waals surface area contributed by atoms with Crippen LogP contribution >= 0.6 is 15.6 Å². The summed E-state index contributed by atoms with van der Waals surface area (Å²) in [5, 5.41) is 45.8. The minimum atomic E-state index is -5.73. The van der Waals surface area contributed by atoms with Crippen molar-refractivity contribution in [3.8, 4) is 0 Å². The number of hydrogen-bond acceptors (Lipinski definition) is 18. The molecular weight excluding hydrogens is 1030 g/mol. The van der Waals surface area contributed by atoms with Crippen LogP contribution in [0.1, 0.15) is 194 Å². The molecule has 0 radical (unpaired) electrons. The number of nitrogens with zero attached hydrogens (tertiary/aromatic N) is 2. The molecule has 76 heavy (non-hydrogen) atoms. The lowest BCUT2D eigenvalue weighted by Gasteiger charge is -2.39. The fourth-order valence-corrected chi connectivity index (χ4v) is 11.2. The molecule has 2 aliphatic rings. The van der Waals surface area contributed by atoms with Crippen LogP contribution < -0.4 is 11.4 Å². The normalized spacial score (nSPS) is 28.9. The molecule has 3 heterocycles. The van der Waals surface area contributed by atoms with E-state index in [1.54, 1.807) is 12.2 Å². The number of allylic oxidation sites excluding steroid dienone is 2. The first-order chi connectivity index (χ1) is 36.2. The number of rotatable bonds is 26. The van der Waals surface area contributed by atoms with Gasteiger partial charge < -0.3 is 50.2 Å². The van der Waals surface area contributed by atoms with Crippen LogP contribution in [0.15, 0.2) is 41.4 Å². The lowest BCUT2D eigenvalue weighted by atomic mass is 9.83. The maximum absolute atomic E-state index is 14.0. The summed E-state index contributed by atoms with van der Waals surface area (Å²) in [4.78, 5) is 78.3. The summed E-state index contributed by atoms with van der Waals surface area (Å²) >= 11 is 0. The molecule has 0 amide bonds. The number of aromatic nitrogens is 2. The van der Waals surface area contributed by atoms with Gasteiger partial charge in [0.2, 0.25) is 0 Å². The maximum Gasteiger partial charge on any atom is 0.481 e. The molecule has 21 nitrogen and oxygen atoms in total. The van der Waals surface area contributed by atoms with E-state index in [-0.39, 0.29) is 37.9 Å². The van der Waals surface area contributed by atoms with Gasteiger partial charge in [-0.2, -0.15) is 9.29 Å². The highest BCUT2D eigenvalue weighted by molar-refractivity contribution is 7.61. The number of carbonyl (C=O) groups excluding carboxylic acids is 3. The number of hydrogen-bond donors (Lipinski definition) is 7. The van der Waals surface area contributed by atoms with Gasteiger partial charge in [-0.25, -0.2) is 13.9 Å². The Kier molecular flexibility index (Phi) is 32.6. The van der Waals surface area contributed by atoms with Gasteiger partial charge in [0.25, 0.3) is 0 Å². The van der Waals surface area contributed by atoms with Crippen LogP contribution in [0.2, 0.25) is 0 Å². The van der Waals surface area contributed by atoms with Crippen molar-refractivity contribution in [2.45, 2.75) is 231 Å². The SMILES string of the molecule is CCCCC[C@H](O)C=C[C@H]1C(=O)C[C@H](O)[C@@H]2C/C=C\CCCC(=O)OC[C@@H](OC(=O)CCCCCCCCCCCCCCCCCC(C)C)COP(=O)(O)OP(=O)(O)OC[C@@H](O[C@H]2n2ccc(N)nc2=O)[C@@H](O)[C@H]1O. The molecule has 8 N–H and O–H groups in total. The third-order valence-electron chi connectivity index (χ3n) is 13.6. The number of carbonyl (C=O) groups is 3. The Morgan fingerprint density at radius 2 is 1.42 bits per heavy atom. The van der Waals surface area contributed by atoms with Crippen molar-refractivity contribution in [3.63, 3.8) is 0 Å². The zero-order valence-electron chi connectivity index (χ0n) is 45.2. The molecule has 0 aromatic carbocycles. The van der Waals surface area contributed by atoms with Crippen molar-refractivity contribution in [2.24, 2.45) is 17.8 Å². The Morgan fingerprint density at radius 1 is 0.829 bits per heavy atom. The summed E-state index contributed by atoms with van der Waals surface area (Å²) in [6.45, 7) is 3.77. The van der Waals surface area contributed by atoms with Gasteiger partial charge >= 0.3 is 33.3 Å². The number of aliphatic hydroxyl groups is 4. The molecule has 2 unspecified atom stereocenters. The van der Waals surface area contributed by atoms with Crippen LogP contribution in [0, 0.1) is 17.8 Å². The van der Waals surface area contributed by atoms with Crippen molar-refractivity contribution >= 4 is 39.2 Å². The lowest BCUT2D eigenvalue weighted by molar-refractivity contribution is -0.186. The highest BCUT2D eigenvalue weighted by atomic mass is 31.3. The zero-order valence-corrected chi connectivity index (χ0v) is 47.0. The first-order valence-corrected chi connectivity index (χ1v) is 30.8. The molecular formula is C53H91N3O18P2. The zero-order chi connectivity index (χ0) is 55.9. The highest BCUT2D eigenvalue weighted by Crippen LogP contribution is 2.60. The average Bonchev–Trinajstić information content (AvgIpc) is 3.35. The Balaban J connectivity index is 1.72. The Labute approximate surface area is 449 Å². The van der Waals surface area contributed by atoms with E-state index in [9.17, 15) is 58.5 Å². The molecule has 1 aromatic heterocycles. The Bertz CT molecular complexity index is 2060. The number of nitrogen functional groups attached to an aromatic ring is 1. The van der Waals surface area contributed by atoms with Crippen LogP contribution in [0.25, 0.3) is 0 Å². The van der Waals surface area contributed by atoms with Crippen molar-refractivity contribution < 1.29 is 81.3 Å². The minimum absolute atomic E-state index is 0.000322. The summed E-state index contributed by atoms with van der Waals surface area (Å²) in [7, 11) is -11.3. The average molecular weight is 1120 g/mol. The van der Waals surface area contributed by atoms with Crippen LogP contribution in [-0.2, 0) is 51.1 Å². The van der Waals surface area contributed by atoms with Gasteiger partial charge in [-0.05, 0) is 44.1 Å². The number of aliphatic hydroxyl groups excluding tert-OH is 4. The monoisotopic (exact) mass is 1120 g/mol. The van der Waals surface area contributed by atoms with E-state index >= 15 is 0 Å². The van der Waals surface area contributed by atoms with Crippen molar-refractivity contribution in [3.05, 3.63) is 47.1 Å². The summed E-state index contributed by atoms with van der Waals surface area (Å²) in [6.07, 6.45) is 15.7. The fourth-order valence-electron chi connectivity index (χ4n) is 9.14. The molecule has 3 rings (SSSR count). The van der Waals surface area contributed by atoms with Crippen LogP contribution in [-0.4, -0.2) is 114 Å². The van der Waals surface area contributed by atoms with Gasteiger partial charge in [0, 0.05) is 31.4 Å². The number of Topliss-reactive ketones (excluding diaryl/α,β-unsaturated/α-hetero) is 1. The van der Waals surface area contributed by atoms with Crippen molar-refractivity contribution in [1.82, 2.24) is 9.55 Å². The number of phosphoric acid groups is 2. The van der Waals surface area contributed by atoms with E-state index in [1.807, 2.05) is 6.92 Å². The topological polar surface area (TPSA) is 323 Å². The van der Waals surface area contributed by atoms with E-state index in [2.05, 4.69) is 23.1 Å². The molecule has 0 spiro atoms. The van der Waals surface area contributed by atoms with E-state index in [0.717, 1.165) is 55.2 Å².